The van der Waals surface area contributed by atoms with Crippen molar-refractivity contribution < 1.29 is 9.47 Å². The van der Waals surface area contributed by atoms with Gasteiger partial charge in [-0.25, -0.2) is 0 Å². The molecule has 0 atom stereocenters. The molecule has 0 aliphatic heterocycles. The molecule has 2 aromatic rings. The second-order valence-corrected chi connectivity index (χ2v) is 4.25. The van der Waals surface area contributed by atoms with Crippen LogP contribution in [-0.4, -0.2) is 23.9 Å². The van der Waals surface area contributed by atoms with Crippen LogP contribution in [0.3, 0.4) is 0 Å². The van der Waals surface area contributed by atoms with E-state index in [1.807, 2.05) is 50.0 Å². The standard InChI is InChI=1S/C14H19N3O2/c1-10-13(14(15-2)17(3)16-10)9-19-12-7-5-11(18-4)6-8-12/h5-8,15H,9H2,1-4H3. The van der Waals surface area contributed by atoms with Gasteiger partial charge in [0.15, 0.2) is 0 Å². The predicted octanol–water partition coefficient (Wildman–Crippen LogP) is 2.36. The Morgan fingerprint density at radius 3 is 2.42 bits per heavy atom. The Kier molecular flexibility index (Phi) is 3.94. The lowest BCUT2D eigenvalue weighted by atomic mass is 10.2. The lowest BCUT2D eigenvalue weighted by Crippen LogP contribution is -2.03. The molecule has 0 unspecified atom stereocenters. The lowest BCUT2D eigenvalue weighted by molar-refractivity contribution is 0.305. The van der Waals surface area contributed by atoms with Gasteiger partial charge in [-0.05, 0) is 31.2 Å². The third-order valence-electron chi connectivity index (χ3n) is 3.03. The van der Waals surface area contributed by atoms with Gasteiger partial charge in [-0.1, -0.05) is 0 Å². The molecule has 0 spiro atoms. The van der Waals surface area contributed by atoms with E-state index in [4.69, 9.17) is 9.47 Å². The van der Waals surface area contributed by atoms with Gasteiger partial charge >= 0.3 is 0 Å². The first-order chi connectivity index (χ1) is 9.15. The minimum atomic E-state index is 0.488. The van der Waals surface area contributed by atoms with Crippen molar-refractivity contribution in [3.63, 3.8) is 0 Å². The molecule has 19 heavy (non-hydrogen) atoms. The first kappa shape index (κ1) is 13.3. The Bertz CT molecular complexity index is 547. The Morgan fingerprint density at radius 2 is 1.84 bits per heavy atom. The number of methoxy groups -OCH3 is 1. The highest BCUT2D eigenvalue weighted by atomic mass is 16.5. The monoisotopic (exact) mass is 261 g/mol. The van der Waals surface area contributed by atoms with E-state index in [1.165, 1.54) is 0 Å². The van der Waals surface area contributed by atoms with Gasteiger partial charge in [-0.2, -0.15) is 5.10 Å². The molecule has 1 N–H and O–H groups in total. The summed E-state index contributed by atoms with van der Waals surface area (Å²) in [5.41, 5.74) is 2.04. The number of aromatic nitrogens is 2. The van der Waals surface area contributed by atoms with Gasteiger partial charge < -0.3 is 14.8 Å². The first-order valence-electron chi connectivity index (χ1n) is 6.12. The number of hydrogen-bond donors (Lipinski definition) is 1. The summed E-state index contributed by atoms with van der Waals surface area (Å²) in [4.78, 5) is 0. The molecule has 1 aromatic carbocycles. The molecular formula is C14H19N3O2. The highest BCUT2D eigenvalue weighted by Gasteiger charge is 2.12. The average Bonchev–Trinajstić information content (AvgIpc) is 2.70. The number of benzene rings is 1. The van der Waals surface area contributed by atoms with Crippen molar-refractivity contribution in [3.05, 3.63) is 35.5 Å². The number of nitrogens with one attached hydrogen (secondary N) is 1. The Morgan fingerprint density at radius 1 is 1.21 bits per heavy atom. The molecular weight excluding hydrogens is 242 g/mol. The zero-order chi connectivity index (χ0) is 13.8. The zero-order valence-corrected chi connectivity index (χ0v) is 11.7. The van der Waals surface area contributed by atoms with Gasteiger partial charge in [0.1, 0.15) is 23.9 Å². The summed E-state index contributed by atoms with van der Waals surface area (Å²) < 4.78 is 12.7. The zero-order valence-electron chi connectivity index (χ0n) is 11.7. The molecule has 1 heterocycles. The van der Waals surface area contributed by atoms with Crippen LogP contribution in [0.1, 0.15) is 11.3 Å². The molecule has 0 bridgehead atoms. The highest BCUT2D eigenvalue weighted by Crippen LogP contribution is 2.22. The summed E-state index contributed by atoms with van der Waals surface area (Å²) in [5, 5.41) is 7.52. The second kappa shape index (κ2) is 5.65. The van der Waals surface area contributed by atoms with E-state index >= 15 is 0 Å². The number of rotatable bonds is 5. The smallest absolute Gasteiger partial charge is 0.130 e. The third kappa shape index (κ3) is 2.81. The van der Waals surface area contributed by atoms with Crippen molar-refractivity contribution >= 4 is 5.82 Å². The summed E-state index contributed by atoms with van der Waals surface area (Å²) >= 11 is 0. The van der Waals surface area contributed by atoms with Crippen molar-refractivity contribution in [1.82, 2.24) is 9.78 Å². The topological polar surface area (TPSA) is 48.3 Å². The van der Waals surface area contributed by atoms with Crippen LogP contribution in [-0.2, 0) is 13.7 Å². The lowest BCUT2D eigenvalue weighted by Gasteiger charge is -2.09. The summed E-state index contributed by atoms with van der Waals surface area (Å²) in [6.45, 7) is 2.47. The SMILES string of the molecule is CNc1c(COc2ccc(OC)cc2)c(C)nn1C. The molecule has 0 radical (unpaired) electrons. The van der Waals surface area contributed by atoms with Crippen LogP contribution in [0.4, 0.5) is 5.82 Å². The maximum Gasteiger partial charge on any atom is 0.130 e. The summed E-state index contributed by atoms with van der Waals surface area (Å²) in [7, 11) is 5.44. The number of aryl methyl sites for hydroxylation is 2. The fourth-order valence-electron chi connectivity index (χ4n) is 2.01. The summed E-state index contributed by atoms with van der Waals surface area (Å²) in [6, 6.07) is 7.54. The molecule has 2 rings (SSSR count). The van der Waals surface area contributed by atoms with Crippen molar-refractivity contribution in [3.8, 4) is 11.5 Å². The van der Waals surface area contributed by atoms with Gasteiger partial charge in [0, 0.05) is 14.1 Å². The van der Waals surface area contributed by atoms with E-state index < -0.39 is 0 Å². The van der Waals surface area contributed by atoms with E-state index in [1.54, 1.807) is 7.11 Å². The van der Waals surface area contributed by atoms with E-state index in [-0.39, 0.29) is 0 Å². The van der Waals surface area contributed by atoms with E-state index in [0.717, 1.165) is 28.6 Å². The fourth-order valence-corrected chi connectivity index (χ4v) is 2.01. The molecule has 5 heteroatoms. The van der Waals surface area contributed by atoms with Crippen molar-refractivity contribution in [2.24, 2.45) is 7.05 Å². The molecule has 0 aliphatic rings. The highest BCUT2D eigenvalue weighted by molar-refractivity contribution is 5.46. The van der Waals surface area contributed by atoms with Crippen LogP contribution in [0.5, 0.6) is 11.5 Å². The van der Waals surface area contributed by atoms with Crippen LogP contribution in [0, 0.1) is 6.92 Å². The van der Waals surface area contributed by atoms with Crippen molar-refractivity contribution in [2.45, 2.75) is 13.5 Å². The summed E-state index contributed by atoms with van der Waals surface area (Å²) in [6.07, 6.45) is 0. The van der Waals surface area contributed by atoms with Gasteiger partial charge in [0.25, 0.3) is 0 Å². The van der Waals surface area contributed by atoms with Crippen molar-refractivity contribution in [1.29, 1.82) is 0 Å². The van der Waals surface area contributed by atoms with Gasteiger partial charge in [0.05, 0.1) is 18.4 Å². The maximum atomic E-state index is 5.78. The second-order valence-electron chi connectivity index (χ2n) is 4.25. The minimum absolute atomic E-state index is 0.488. The number of ether oxygens (including phenoxy) is 2. The predicted molar refractivity (Wildman–Crippen MR) is 74.8 cm³/mol. The molecule has 0 aliphatic carbocycles. The molecule has 0 fully saturated rings. The normalized spacial score (nSPS) is 10.3. The van der Waals surface area contributed by atoms with Crippen LogP contribution in [0.25, 0.3) is 0 Å². The van der Waals surface area contributed by atoms with Crippen LogP contribution in [0.15, 0.2) is 24.3 Å². The minimum Gasteiger partial charge on any atom is -0.497 e. The molecule has 102 valence electrons. The van der Waals surface area contributed by atoms with E-state index in [2.05, 4.69) is 10.4 Å². The molecule has 0 saturated carbocycles. The molecule has 0 saturated heterocycles. The number of anilines is 1. The van der Waals surface area contributed by atoms with Crippen LogP contribution >= 0.6 is 0 Å². The average molecular weight is 261 g/mol. The molecule has 1 aromatic heterocycles. The number of nitrogens with zero attached hydrogens (tertiary/aromatic N) is 2. The van der Waals surface area contributed by atoms with Crippen LogP contribution < -0.4 is 14.8 Å². The quantitative estimate of drug-likeness (QED) is 0.897. The van der Waals surface area contributed by atoms with E-state index in [0.29, 0.717) is 6.61 Å². The van der Waals surface area contributed by atoms with Gasteiger partial charge in [-0.3, -0.25) is 4.68 Å². The summed E-state index contributed by atoms with van der Waals surface area (Å²) in [5.74, 6) is 2.61. The number of hydrogen-bond acceptors (Lipinski definition) is 4. The van der Waals surface area contributed by atoms with Crippen molar-refractivity contribution in [2.75, 3.05) is 19.5 Å². The fraction of sp³-hybridized carbons (Fsp3) is 0.357. The maximum absolute atomic E-state index is 5.78. The first-order valence-corrected chi connectivity index (χ1v) is 6.12. The third-order valence-corrected chi connectivity index (χ3v) is 3.03. The van der Waals surface area contributed by atoms with E-state index in [9.17, 15) is 0 Å². The van der Waals surface area contributed by atoms with Gasteiger partial charge in [0.2, 0.25) is 0 Å². The Hall–Kier alpha value is -2.17. The van der Waals surface area contributed by atoms with Crippen LogP contribution in [0.2, 0.25) is 0 Å². The molecule has 5 nitrogen and oxygen atoms in total. The Balaban J connectivity index is 2.09. The largest absolute Gasteiger partial charge is 0.497 e. The Labute approximate surface area is 113 Å². The van der Waals surface area contributed by atoms with Gasteiger partial charge in [-0.15, -0.1) is 0 Å². The molecule has 0 amide bonds.